The SMILES string of the molecule is CC.Nc1cc(Br)c2nc1-c1nnc(o1)C(O)(C(F)(F)F)CCCCCN(C1CC(F)(F)C1)C2=O. The lowest BCUT2D eigenvalue weighted by Crippen LogP contribution is -2.53. The van der Waals surface area contributed by atoms with Crippen molar-refractivity contribution in [3.63, 3.8) is 0 Å². The molecule has 35 heavy (non-hydrogen) atoms. The lowest BCUT2D eigenvalue weighted by atomic mass is 9.86. The van der Waals surface area contributed by atoms with Crippen molar-refractivity contribution in [3.05, 3.63) is 22.1 Å². The van der Waals surface area contributed by atoms with Gasteiger partial charge < -0.3 is 20.2 Å². The minimum atomic E-state index is -5.10. The first-order valence-corrected chi connectivity index (χ1v) is 11.9. The van der Waals surface area contributed by atoms with Gasteiger partial charge >= 0.3 is 6.18 Å². The van der Waals surface area contributed by atoms with Gasteiger partial charge in [0.15, 0.2) is 5.69 Å². The normalized spacial score (nSPS) is 23.1. The van der Waals surface area contributed by atoms with Crippen LogP contribution in [0.2, 0.25) is 0 Å². The van der Waals surface area contributed by atoms with Crippen molar-refractivity contribution >= 4 is 27.5 Å². The first-order chi connectivity index (χ1) is 16.3. The molecule has 194 valence electrons. The lowest BCUT2D eigenvalue weighted by molar-refractivity contribution is -0.277. The van der Waals surface area contributed by atoms with Gasteiger partial charge in [-0.2, -0.15) is 13.2 Å². The number of pyridine rings is 1. The third-order valence-corrected chi connectivity index (χ3v) is 6.47. The number of halogens is 6. The number of rotatable bonds is 1. The van der Waals surface area contributed by atoms with E-state index in [4.69, 9.17) is 10.2 Å². The van der Waals surface area contributed by atoms with Gasteiger partial charge in [-0.05, 0) is 41.3 Å². The molecule has 1 aliphatic carbocycles. The molecule has 1 atom stereocenters. The number of anilines is 1. The number of aliphatic hydroxyl groups is 1. The predicted octanol–water partition coefficient (Wildman–Crippen LogP) is 5.07. The molecular weight excluding hydrogens is 545 g/mol. The lowest BCUT2D eigenvalue weighted by Gasteiger charge is -2.42. The van der Waals surface area contributed by atoms with Crippen molar-refractivity contribution in [1.29, 1.82) is 0 Å². The molecule has 4 rings (SSSR count). The van der Waals surface area contributed by atoms with Crippen LogP contribution in [-0.2, 0) is 5.60 Å². The highest BCUT2D eigenvalue weighted by Gasteiger charge is 2.58. The first kappa shape index (κ1) is 27.2. The Morgan fingerprint density at radius 3 is 2.43 bits per heavy atom. The minimum Gasteiger partial charge on any atom is -0.416 e. The largest absolute Gasteiger partial charge is 0.426 e. The van der Waals surface area contributed by atoms with Crippen LogP contribution in [0.5, 0.6) is 0 Å². The molecule has 14 heteroatoms. The van der Waals surface area contributed by atoms with E-state index in [2.05, 4.69) is 31.1 Å². The van der Waals surface area contributed by atoms with Gasteiger partial charge in [-0.3, -0.25) is 4.79 Å². The van der Waals surface area contributed by atoms with Gasteiger partial charge in [0.2, 0.25) is 5.60 Å². The van der Waals surface area contributed by atoms with Gasteiger partial charge in [0.25, 0.3) is 23.6 Å². The summed E-state index contributed by atoms with van der Waals surface area (Å²) in [6.07, 6.45) is -6.56. The predicted molar refractivity (Wildman–Crippen MR) is 118 cm³/mol. The van der Waals surface area contributed by atoms with Crippen LogP contribution in [0.4, 0.5) is 27.6 Å². The number of carbonyl (C=O) groups is 1. The quantitative estimate of drug-likeness (QED) is 0.460. The number of alkyl halides is 5. The van der Waals surface area contributed by atoms with Crippen LogP contribution >= 0.6 is 15.9 Å². The number of fused-ring (bicyclic) bond motifs is 5. The van der Waals surface area contributed by atoms with E-state index in [-0.39, 0.29) is 47.4 Å². The fourth-order valence-corrected chi connectivity index (χ4v) is 4.46. The number of aromatic nitrogens is 3. The number of nitrogens with two attached hydrogens (primary N) is 1. The highest BCUT2D eigenvalue weighted by Crippen LogP contribution is 2.44. The van der Waals surface area contributed by atoms with Gasteiger partial charge in [-0.25, -0.2) is 13.8 Å². The van der Waals surface area contributed by atoms with Crippen LogP contribution < -0.4 is 5.73 Å². The smallest absolute Gasteiger partial charge is 0.416 e. The summed E-state index contributed by atoms with van der Waals surface area (Å²) in [6.45, 7) is 4.04. The summed E-state index contributed by atoms with van der Waals surface area (Å²) in [5.74, 6) is -5.10. The molecule has 1 aliphatic heterocycles. The minimum absolute atomic E-state index is 0.0379. The van der Waals surface area contributed by atoms with Crippen LogP contribution in [0, 0.1) is 0 Å². The Morgan fingerprint density at radius 1 is 1.17 bits per heavy atom. The number of nitrogens with zero attached hydrogens (tertiary/aromatic N) is 4. The number of nitrogen functional groups attached to an aromatic ring is 1. The van der Waals surface area contributed by atoms with Crippen LogP contribution in [0.1, 0.15) is 68.8 Å². The summed E-state index contributed by atoms with van der Waals surface area (Å²) in [5.41, 5.74) is 1.99. The molecule has 1 unspecified atom stereocenters. The summed E-state index contributed by atoms with van der Waals surface area (Å²) in [6, 6.07) is 0.548. The molecule has 8 nitrogen and oxygen atoms in total. The van der Waals surface area contributed by atoms with E-state index in [1.165, 1.54) is 11.0 Å². The van der Waals surface area contributed by atoms with Crippen molar-refractivity contribution in [3.8, 4) is 11.6 Å². The second-order valence-electron chi connectivity index (χ2n) is 8.25. The second kappa shape index (κ2) is 9.96. The molecule has 4 bridgehead atoms. The summed E-state index contributed by atoms with van der Waals surface area (Å²) in [7, 11) is 0. The van der Waals surface area contributed by atoms with Gasteiger partial charge in [-0.15, -0.1) is 10.2 Å². The third-order valence-electron chi connectivity index (χ3n) is 5.87. The van der Waals surface area contributed by atoms with E-state index in [0.29, 0.717) is 0 Å². The summed E-state index contributed by atoms with van der Waals surface area (Å²) >= 11 is 3.18. The molecule has 1 amide bonds. The Kier molecular flexibility index (Phi) is 7.75. The second-order valence-corrected chi connectivity index (χ2v) is 9.11. The van der Waals surface area contributed by atoms with Crippen molar-refractivity contribution in [2.75, 3.05) is 12.3 Å². The third kappa shape index (κ3) is 5.27. The highest BCUT2D eigenvalue weighted by molar-refractivity contribution is 9.10. The van der Waals surface area contributed by atoms with Crippen LogP contribution in [0.25, 0.3) is 11.6 Å². The molecule has 3 heterocycles. The van der Waals surface area contributed by atoms with Crippen molar-refractivity contribution < 1.29 is 36.3 Å². The molecule has 1 saturated carbocycles. The van der Waals surface area contributed by atoms with Crippen molar-refractivity contribution in [2.24, 2.45) is 0 Å². The molecule has 0 radical (unpaired) electrons. The monoisotopic (exact) mass is 569 g/mol. The number of hydrogen-bond donors (Lipinski definition) is 2. The van der Waals surface area contributed by atoms with Gasteiger partial charge in [0.05, 0.1) is 10.2 Å². The van der Waals surface area contributed by atoms with E-state index in [9.17, 15) is 31.9 Å². The van der Waals surface area contributed by atoms with E-state index >= 15 is 0 Å². The summed E-state index contributed by atoms with van der Waals surface area (Å²) < 4.78 is 73.4. The van der Waals surface area contributed by atoms with Gasteiger partial charge in [0, 0.05) is 25.4 Å². The Labute approximate surface area is 206 Å². The summed E-state index contributed by atoms with van der Waals surface area (Å²) in [5, 5.41) is 17.3. The maximum Gasteiger partial charge on any atom is 0.426 e. The van der Waals surface area contributed by atoms with E-state index in [0.717, 1.165) is 0 Å². The zero-order chi connectivity index (χ0) is 26.2. The van der Waals surface area contributed by atoms with Crippen LogP contribution in [0.15, 0.2) is 15.0 Å². The van der Waals surface area contributed by atoms with Crippen LogP contribution in [0.3, 0.4) is 0 Å². The molecule has 0 spiro atoms. The molecule has 2 aromatic heterocycles. The number of hydrogen-bond acceptors (Lipinski definition) is 7. The topological polar surface area (TPSA) is 118 Å². The maximum atomic E-state index is 13.7. The van der Waals surface area contributed by atoms with Crippen LogP contribution in [-0.4, -0.2) is 55.8 Å². The Hall–Kier alpha value is -2.35. The zero-order valence-electron chi connectivity index (χ0n) is 19.0. The summed E-state index contributed by atoms with van der Waals surface area (Å²) in [4.78, 5) is 18.6. The molecule has 1 fully saturated rings. The van der Waals surface area contributed by atoms with E-state index < -0.39 is 60.7 Å². The molecule has 2 aliphatic rings. The van der Waals surface area contributed by atoms with Gasteiger partial charge in [0.1, 0.15) is 5.69 Å². The van der Waals surface area contributed by atoms with E-state index in [1.807, 2.05) is 13.8 Å². The van der Waals surface area contributed by atoms with E-state index in [1.54, 1.807) is 0 Å². The highest BCUT2D eigenvalue weighted by atomic mass is 79.9. The number of carbonyl (C=O) groups excluding carboxylic acids is 1. The average molecular weight is 570 g/mol. The molecule has 2 aromatic rings. The van der Waals surface area contributed by atoms with Crippen molar-refractivity contribution in [1.82, 2.24) is 20.1 Å². The van der Waals surface area contributed by atoms with Crippen molar-refractivity contribution in [2.45, 2.75) is 76.1 Å². The average Bonchev–Trinajstić information content (AvgIpc) is 3.24. The fraction of sp³-hybridized carbons (Fsp3) is 0.619. The fourth-order valence-electron chi connectivity index (χ4n) is 3.96. The molecular formula is C21H25BrF5N5O3. The zero-order valence-corrected chi connectivity index (χ0v) is 20.6. The molecule has 3 N–H and O–H groups in total. The maximum absolute atomic E-state index is 13.7. The standard InChI is InChI=1S/C19H19BrF5N5O3.C2H6/c20-10-6-11(26)13-14-28-29-16(33-14)18(32,19(23,24)25)4-2-1-3-5-30(15(31)12(10)27-13)9-7-17(21,22)8-9;1-2/h6,9,32H,1-5,7-8,26H2;1-2H3. The number of amides is 1. The molecule has 0 saturated heterocycles. The molecule has 0 aromatic carbocycles. The first-order valence-electron chi connectivity index (χ1n) is 11.1. The Morgan fingerprint density at radius 2 is 1.83 bits per heavy atom. The Bertz CT molecular complexity index is 1070. The van der Waals surface area contributed by atoms with Gasteiger partial charge in [-0.1, -0.05) is 20.3 Å². The Balaban J connectivity index is 0.00000167.